The van der Waals surface area contributed by atoms with Crippen LogP contribution in [-0.2, 0) is 11.3 Å². The summed E-state index contributed by atoms with van der Waals surface area (Å²) in [6, 6.07) is -0.218. The van der Waals surface area contributed by atoms with Gasteiger partial charge in [-0.2, -0.15) is 13.2 Å². The Balaban J connectivity index is 1.53. The van der Waals surface area contributed by atoms with Gasteiger partial charge >= 0.3 is 12.3 Å². The molecule has 10 nitrogen and oxygen atoms in total. The van der Waals surface area contributed by atoms with Gasteiger partial charge in [0.05, 0.1) is 5.56 Å². The summed E-state index contributed by atoms with van der Waals surface area (Å²) in [5.74, 6) is 1.77. The molecule has 0 radical (unpaired) electrons. The number of imidazole rings is 1. The monoisotopic (exact) mass is 450 g/mol. The van der Waals surface area contributed by atoms with Crippen LogP contribution in [0, 0.1) is 6.92 Å². The van der Waals surface area contributed by atoms with Crippen LogP contribution in [-0.4, -0.2) is 72.4 Å². The first kappa shape index (κ1) is 21.7. The molecule has 0 bridgehead atoms. The van der Waals surface area contributed by atoms with E-state index in [0.717, 1.165) is 5.56 Å². The summed E-state index contributed by atoms with van der Waals surface area (Å²) in [7, 11) is 0. The Morgan fingerprint density at radius 1 is 1.25 bits per heavy atom. The minimum atomic E-state index is -4.56. The number of alkyl halides is 3. The third kappa shape index (κ3) is 4.55. The fourth-order valence-electron chi connectivity index (χ4n) is 3.54. The van der Waals surface area contributed by atoms with Gasteiger partial charge in [0.15, 0.2) is 23.6 Å². The molecule has 1 aliphatic rings. The molecule has 1 fully saturated rings. The number of nitrogens with zero attached hydrogens (tertiary/aromatic N) is 7. The van der Waals surface area contributed by atoms with Crippen molar-refractivity contribution >= 4 is 23.1 Å². The Kier molecular flexibility index (Phi) is 5.80. The van der Waals surface area contributed by atoms with Crippen LogP contribution in [0.15, 0.2) is 18.7 Å². The van der Waals surface area contributed by atoms with Crippen molar-refractivity contribution in [3.8, 4) is 11.4 Å². The number of aromatic nitrogens is 6. The number of amides is 1. The number of aryl methyl sites for hydroxylation is 2. The van der Waals surface area contributed by atoms with E-state index in [0.29, 0.717) is 41.6 Å². The van der Waals surface area contributed by atoms with Gasteiger partial charge in [0, 0.05) is 38.1 Å². The highest BCUT2D eigenvalue weighted by Gasteiger charge is 2.33. The van der Waals surface area contributed by atoms with Gasteiger partial charge in [0.2, 0.25) is 0 Å². The van der Waals surface area contributed by atoms with Crippen molar-refractivity contribution < 1.29 is 22.7 Å². The molecule has 3 aromatic rings. The van der Waals surface area contributed by atoms with Crippen molar-refractivity contribution in [3.05, 3.63) is 24.5 Å². The molecule has 1 amide bonds. The predicted molar refractivity (Wildman–Crippen MR) is 108 cm³/mol. The van der Waals surface area contributed by atoms with Crippen molar-refractivity contribution in [1.29, 1.82) is 0 Å². The van der Waals surface area contributed by atoms with E-state index in [1.807, 2.05) is 11.5 Å². The Bertz CT molecular complexity index is 1120. The average molecular weight is 450 g/mol. The standard InChI is InChI=1S/C19H21F3N8O2/c1-3-30-16(12-6-23-11(2)24-7-12)28-14-15(25-10-26-17(14)30)27-13-4-5-29(8-13)18(31)32-9-19(20,21)22/h6-7,10,13H,3-5,8-9H2,1-2H3,(H,25,26,27)/t13-/m0/s1. The summed E-state index contributed by atoms with van der Waals surface area (Å²) in [5.41, 5.74) is 1.91. The molecule has 3 aromatic heterocycles. The molecule has 170 valence electrons. The topological polar surface area (TPSA) is 111 Å². The second kappa shape index (κ2) is 8.55. The number of halogens is 3. The summed E-state index contributed by atoms with van der Waals surface area (Å²) < 4.78 is 43.1. The molecule has 4 rings (SSSR count). The molecule has 13 heteroatoms. The van der Waals surface area contributed by atoms with E-state index >= 15 is 0 Å². The number of anilines is 1. The highest BCUT2D eigenvalue weighted by molar-refractivity contribution is 5.86. The van der Waals surface area contributed by atoms with E-state index in [-0.39, 0.29) is 19.1 Å². The van der Waals surface area contributed by atoms with E-state index in [2.05, 4.69) is 30.0 Å². The first-order chi connectivity index (χ1) is 15.2. The summed E-state index contributed by atoms with van der Waals surface area (Å²) in [6.07, 6.45) is -0.220. The molecule has 32 heavy (non-hydrogen) atoms. The predicted octanol–water partition coefficient (Wildman–Crippen LogP) is 2.80. The zero-order valence-corrected chi connectivity index (χ0v) is 17.4. The zero-order chi connectivity index (χ0) is 22.9. The second-order valence-corrected chi connectivity index (χ2v) is 7.34. The van der Waals surface area contributed by atoms with Gasteiger partial charge < -0.3 is 19.5 Å². The van der Waals surface area contributed by atoms with E-state index in [1.54, 1.807) is 19.3 Å². The lowest BCUT2D eigenvalue weighted by molar-refractivity contribution is -0.162. The molecule has 1 atom stereocenters. The summed E-state index contributed by atoms with van der Waals surface area (Å²) in [5, 5.41) is 3.24. The Morgan fingerprint density at radius 2 is 2.00 bits per heavy atom. The van der Waals surface area contributed by atoms with Gasteiger partial charge in [-0.3, -0.25) is 0 Å². The molecule has 0 saturated carbocycles. The lowest BCUT2D eigenvalue weighted by atomic mass is 10.2. The number of nitrogens with one attached hydrogen (secondary N) is 1. The third-order valence-corrected chi connectivity index (χ3v) is 5.03. The fourth-order valence-corrected chi connectivity index (χ4v) is 3.54. The van der Waals surface area contributed by atoms with Crippen LogP contribution in [0.4, 0.5) is 23.8 Å². The van der Waals surface area contributed by atoms with Crippen LogP contribution in [0.2, 0.25) is 0 Å². The number of carbonyl (C=O) groups is 1. The lowest BCUT2D eigenvalue weighted by Gasteiger charge is -2.17. The minimum absolute atomic E-state index is 0.190. The zero-order valence-electron chi connectivity index (χ0n) is 17.4. The Labute approximate surface area is 180 Å². The summed E-state index contributed by atoms with van der Waals surface area (Å²) >= 11 is 0. The Morgan fingerprint density at radius 3 is 2.69 bits per heavy atom. The number of hydrogen-bond donors (Lipinski definition) is 1. The van der Waals surface area contributed by atoms with E-state index in [9.17, 15) is 18.0 Å². The molecule has 1 saturated heterocycles. The average Bonchev–Trinajstić information content (AvgIpc) is 3.37. The number of ether oxygens (including phenoxy) is 1. The molecule has 4 heterocycles. The van der Waals surface area contributed by atoms with Gasteiger partial charge in [0.1, 0.15) is 18.0 Å². The summed E-state index contributed by atoms with van der Waals surface area (Å²) in [4.78, 5) is 34.9. The molecule has 1 N–H and O–H groups in total. The maximum Gasteiger partial charge on any atom is 0.422 e. The van der Waals surface area contributed by atoms with Crippen LogP contribution in [0.25, 0.3) is 22.6 Å². The maximum atomic E-state index is 12.3. The number of rotatable bonds is 5. The highest BCUT2D eigenvalue weighted by atomic mass is 19.4. The molecule has 0 aromatic carbocycles. The number of fused-ring (bicyclic) bond motifs is 1. The van der Waals surface area contributed by atoms with E-state index in [4.69, 9.17) is 4.98 Å². The van der Waals surface area contributed by atoms with Gasteiger partial charge in [-0.15, -0.1) is 0 Å². The van der Waals surface area contributed by atoms with Crippen molar-refractivity contribution in [2.24, 2.45) is 0 Å². The number of likely N-dealkylation sites (tertiary alicyclic amines) is 1. The minimum Gasteiger partial charge on any atom is -0.440 e. The quantitative estimate of drug-likeness (QED) is 0.632. The van der Waals surface area contributed by atoms with Crippen LogP contribution < -0.4 is 5.32 Å². The van der Waals surface area contributed by atoms with Crippen molar-refractivity contribution in [2.75, 3.05) is 25.0 Å². The van der Waals surface area contributed by atoms with Crippen LogP contribution >= 0.6 is 0 Å². The highest BCUT2D eigenvalue weighted by Crippen LogP contribution is 2.27. The first-order valence-electron chi connectivity index (χ1n) is 10.0. The smallest absolute Gasteiger partial charge is 0.422 e. The van der Waals surface area contributed by atoms with Gasteiger partial charge in [-0.25, -0.2) is 29.7 Å². The fraction of sp³-hybridized carbons (Fsp3) is 0.474. The molecular formula is C19H21F3N8O2. The van der Waals surface area contributed by atoms with E-state index in [1.165, 1.54) is 11.2 Å². The third-order valence-electron chi connectivity index (χ3n) is 5.03. The first-order valence-corrected chi connectivity index (χ1v) is 10.0. The van der Waals surface area contributed by atoms with Crippen molar-refractivity contribution in [1.82, 2.24) is 34.4 Å². The number of hydrogen-bond acceptors (Lipinski definition) is 8. The van der Waals surface area contributed by atoms with Crippen LogP contribution in [0.5, 0.6) is 0 Å². The molecular weight excluding hydrogens is 429 g/mol. The molecule has 0 spiro atoms. The molecule has 0 aliphatic carbocycles. The van der Waals surface area contributed by atoms with Crippen molar-refractivity contribution in [2.45, 2.75) is 39.0 Å². The van der Waals surface area contributed by atoms with E-state index < -0.39 is 18.9 Å². The van der Waals surface area contributed by atoms with Crippen LogP contribution in [0.1, 0.15) is 19.2 Å². The maximum absolute atomic E-state index is 12.3. The van der Waals surface area contributed by atoms with Gasteiger partial charge in [-0.1, -0.05) is 0 Å². The second-order valence-electron chi connectivity index (χ2n) is 7.34. The van der Waals surface area contributed by atoms with Crippen LogP contribution in [0.3, 0.4) is 0 Å². The molecule has 1 aliphatic heterocycles. The molecule has 0 unspecified atom stereocenters. The Hall–Kier alpha value is -3.51. The largest absolute Gasteiger partial charge is 0.440 e. The van der Waals surface area contributed by atoms with Gasteiger partial charge in [0.25, 0.3) is 0 Å². The summed E-state index contributed by atoms with van der Waals surface area (Å²) in [6.45, 7) is 3.23. The SMILES string of the molecule is CCn1c(-c2cnc(C)nc2)nc2c(N[C@H]3CCN(C(=O)OCC(F)(F)F)C3)ncnc21. The van der Waals surface area contributed by atoms with Gasteiger partial charge in [-0.05, 0) is 20.3 Å². The lowest BCUT2D eigenvalue weighted by Crippen LogP contribution is -2.34. The van der Waals surface area contributed by atoms with Crippen molar-refractivity contribution in [3.63, 3.8) is 0 Å². The normalized spacial score (nSPS) is 16.5. The number of carbonyl (C=O) groups excluding carboxylic acids is 1.